The smallest absolute Gasteiger partial charge is 0.224 e. The van der Waals surface area contributed by atoms with E-state index in [0.717, 1.165) is 5.69 Å². The highest BCUT2D eigenvalue weighted by Gasteiger charge is 2.25. The van der Waals surface area contributed by atoms with Gasteiger partial charge in [-0.25, -0.2) is 9.97 Å². The van der Waals surface area contributed by atoms with Crippen LogP contribution < -0.4 is 10.6 Å². The van der Waals surface area contributed by atoms with Crippen LogP contribution in [0.3, 0.4) is 0 Å². The number of aromatic nitrogens is 4. The van der Waals surface area contributed by atoms with E-state index in [9.17, 15) is 19.2 Å². The summed E-state index contributed by atoms with van der Waals surface area (Å²) in [6, 6.07) is 0.000440. The van der Waals surface area contributed by atoms with E-state index in [2.05, 4.69) is 51.3 Å². The summed E-state index contributed by atoms with van der Waals surface area (Å²) in [5, 5.41) is 5.09. The fourth-order valence-corrected chi connectivity index (χ4v) is 3.72. The molecule has 2 aliphatic heterocycles. The molecule has 2 fully saturated rings. The molecule has 0 saturated carbocycles. The van der Waals surface area contributed by atoms with Gasteiger partial charge in [-0.15, -0.1) is 0 Å². The van der Waals surface area contributed by atoms with Crippen LogP contribution in [0, 0.1) is 0 Å². The van der Waals surface area contributed by atoms with Crippen molar-refractivity contribution in [1.29, 1.82) is 0 Å². The molecule has 0 aromatic carbocycles. The number of nitrogens with one attached hydrogen (secondary N) is 4. The summed E-state index contributed by atoms with van der Waals surface area (Å²) in [7, 11) is 0. The second-order valence-corrected chi connectivity index (χ2v) is 10.8. The van der Waals surface area contributed by atoms with E-state index in [1.165, 1.54) is 6.33 Å². The van der Waals surface area contributed by atoms with Crippen LogP contribution in [0.15, 0.2) is 24.0 Å². The van der Waals surface area contributed by atoms with Crippen molar-refractivity contribution in [3.63, 3.8) is 0 Å². The fraction of sp³-hybridized carbons (Fsp3) is 0.462. The molecule has 2 aliphatic rings. The topological polar surface area (TPSA) is 150 Å². The number of hydrogen-bond donors (Lipinski definition) is 4. The summed E-state index contributed by atoms with van der Waals surface area (Å²) in [6.07, 6.45) is 5.63. The van der Waals surface area contributed by atoms with E-state index >= 15 is 0 Å². The number of H-pyrrole nitrogens is 2. The molecule has 2 aromatic rings. The van der Waals surface area contributed by atoms with Crippen LogP contribution in [0.25, 0.3) is 12.1 Å². The van der Waals surface area contributed by atoms with Crippen molar-refractivity contribution in [2.75, 3.05) is 0 Å². The summed E-state index contributed by atoms with van der Waals surface area (Å²) >= 11 is 0. The zero-order valence-electron chi connectivity index (χ0n) is 22.6. The van der Waals surface area contributed by atoms with Crippen molar-refractivity contribution in [2.45, 2.75) is 78.1 Å². The van der Waals surface area contributed by atoms with Gasteiger partial charge in [0.05, 0.1) is 42.5 Å². The summed E-state index contributed by atoms with van der Waals surface area (Å²) in [5.74, 6) is -0.596. The number of Topliss-reactive ketones (excluding diaryl/α,β-unsaturated/α-hetero) is 2. The predicted molar refractivity (Wildman–Crippen MR) is 135 cm³/mol. The lowest BCUT2D eigenvalue weighted by Crippen LogP contribution is -2.32. The van der Waals surface area contributed by atoms with Gasteiger partial charge in [-0.2, -0.15) is 0 Å². The molecule has 36 heavy (non-hydrogen) atoms. The van der Waals surface area contributed by atoms with Crippen molar-refractivity contribution in [1.82, 2.24) is 30.6 Å². The maximum Gasteiger partial charge on any atom is 0.224 e. The van der Waals surface area contributed by atoms with Crippen molar-refractivity contribution < 1.29 is 20.5 Å². The lowest BCUT2D eigenvalue weighted by molar-refractivity contribution is -0.127. The molecule has 0 atom stereocenters. The van der Waals surface area contributed by atoms with E-state index < -0.39 is 0 Å². The van der Waals surface area contributed by atoms with Crippen molar-refractivity contribution in [3.05, 3.63) is 46.8 Å². The molecule has 2 amide bonds. The highest BCUT2D eigenvalue weighted by molar-refractivity contribution is 6.07. The van der Waals surface area contributed by atoms with Gasteiger partial charge in [0.2, 0.25) is 11.8 Å². The van der Waals surface area contributed by atoms with Crippen LogP contribution in [0.2, 0.25) is 0 Å². The fourth-order valence-electron chi connectivity index (χ4n) is 3.72. The van der Waals surface area contributed by atoms with Crippen LogP contribution in [0.1, 0.15) is 91.4 Å². The number of rotatable bonds is 2. The number of hydrogen-bond acceptors (Lipinski definition) is 6. The number of carbonyl (C=O) groups is 4. The summed E-state index contributed by atoms with van der Waals surface area (Å²) in [5.41, 5.74) is 2.90. The monoisotopic (exact) mass is 495 g/mol. The van der Waals surface area contributed by atoms with Gasteiger partial charge in [-0.05, 0) is 12.1 Å². The molecule has 10 heteroatoms. The second kappa shape index (κ2) is 10.4. The average molecular weight is 496 g/mol. The Balaban J connectivity index is 0.000000206. The SMILES string of the molecule is CC(C)(C)c1[nH]cnc1/C=C1\NC(=O)CCC1=O.[2H]/C(=C1/NC(=O)CCC1=O)c1[nH]cnc1C(C)(C)C. The van der Waals surface area contributed by atoms with Gasteiger partial charge in [0, 0.05) is 42.2 Å². The van der Waals surface area contributed by atoms with Gasteiger partial charge in [-0.3, -0.25) is 19.2 Å². The first-order valence-corrected chi connectivity index (χ1v) is 11.8. The van der Waals surface area contributed by atoms with Crippen molar-refractivity contribution in [2.24, 2.45) is 0 Å². The molecule has 0 aliphatic carbocycles. The average Bonchev–Trinajstić information content (AvgIpc) is 3.47. The minimum atomic E-state index is -0.246. The zero-order valence-corrected chi connectivity index (χ0v) is 21.6. The Labute approximate surface area is 211 Å². The molecule has 0 bridgehead atoms. The maximum atomic E-state index is 11.8. The molecular weight excluding hydrogens is 460 g/mol. The van der Waals surface area contributed by atoms with Gasteiger partial charge < -0.3 is 20.6 Å². The lowest BCUT2D eigenvalue weighted by Gasteiger charge is -2.18. The first kappa shape index (κ1) is 25.3. The largest absolute Gasteiger partial charge is 0.348 e. The normalized spacial score (nSPS) is 19.8. The summed E-state index contributed by atoms with van der Waals surface area (Å²) < 4.78 is 8.14. The molecule has 192 valence electrons. The number of ketones is 2. The first-order chi connectivity index (χ1) is 17.2. The summed E-state index contributed by atoms with van der Waals surface area (Å²) in [6.45, 7) is 12.1. The third-order valence-electron chi connectivity index (χ3n) is 5.58. The highest BCUT2D eigenvalue weighted by Crippen LogP contribution is 2.26. The molecule has 0 unspecified atom stereocenters. The van der Waals surface area contributed by atoms with Gasteiger partial charge in [-0.1, -0.05) is 41.5 Å². The maximum absolute atomic E-state index is 11.8. The van der Waals surface area contributed by atoms with E-state index in [4.69, 9.17) is 1.37 Å². The van der Waals surface area contributed by atoms with Gasteiger partial charge >= 0.3 is 0 Å². The third-order valence-corrected chi connectivity index (χ3v) is 5.58. The Morgan fingerprint density at radius 3 is 1.92 bits per heavy atom. The lowest BCUT2D eigenvalue weighted by atomic mass is 9.90. The van der Waals surface area contributed by atoms with E-state index in [-0.39, 0.29) is 71.6 Å². The second-order valence-electron chi connectivity index (χ2n) is 10.8. The number of amides is 2. The number of allylic oxidation sites excluding steroid dienone is 2. The molecule has 2 saturated heterocycles. The molecule has 4 rings (SSSR count). The number of piperidine rings is 2. The number of carbonyl (C=O) groups excluding carboxylic acids is 4. The molecular formula is C26H34N6O4. The molecule has 4 heterocycles. The third kappa shape index (κ3) is 6.65. The standard InChI is InChI=1S/2C13H17N3O2/c2*1-13(2,3)12-9(14-7-15-12)6-8-10(17)4-5-11(18)16-8/h2*6-7H,4-5H2,1-3H3,(H,14,15)(H,16,18)/b2*8-6-/i6D;. The van der Waals surface area contributed by atoms with Gasteiger partial charge in [0.15, 0.2) is 11.6 Å². The molecule has 2 aromatic heterocycles. The van der Waals surface area contributed by atoms with Crippen LogP contribution in [-0.4, -0.2) is 43.3 Å². The van der Waals surface area contributed by atoms with Crippen LogP contribution >= 0.6 is 0 Å². The van der Waals surface area contributed by atoms with E-state index in [1.807, 2.05) is 20.8 Å². The highest BCUT2D eigenvalue weighted by atomic mass is 16.2. The Kier molecular flexibility index (Phi) is 7.32. The van der Waals surface area contributed by atoms with Gasteiger partial charge in [0.1, 0.15) is 0 Å². The number of imidazole rings is 2. The molecule has 4 N–H and O–H groups in total. The molecule has 0 spiro atoms. The van der Waals surface area contributed by atoms with Crippen molar-refractivity contribution in [3.8, 4) is 0 Å². The summed E-state index contributed by atoms with van der Waals surface area (Å²) in [4.78, 5) is 60.6. The van der Waals surface area contributed by atoms with Crippen LogP contribution in [0.4, 0.5) is 0 Å². The van der Waals surface area contributed by atoms with Crippen LogP contribution in [0.5, 0.6) is 0 Å². The number of aromatic amines is 2. The van der Waals surface area contributed by atoms with Crippen molar-refractivity contribution >= 4 is 35.5 Å². The molecule has 10 nitrogen and oxygen atoms in total. The minimum absolute atomic E-state index is 0.000440. The van der Waals surface area contributed by atoms with Gasteiger partial charge in [0.25, 0.3) is 0 Å². The van der Waals surface area contributed by atoms with Crippen LogP contribution in [-0.2, 0) is 30.0 Å². The number of nitrogens with zero attached hydrogens (tertiary/aromatic N) is 2. The molecule has 0 radical (unpaired) electrons. The zero-order chi connectivity index (χ0) is 27.5. The quantitative estimate of drug-likeness (QED) is 0.470. The van der Waals surface area contributed by atoms with E-state index in [0.29, 0.717) is 22.8 Å². The first-order valence-electron chi connectivity index (χ1n) is 12.3. The Morgan fingerprint density at radius 1 is 0.778 bits per heavy atom. The Morgan fingerprint density at radius 2 is 1.33 bits per heavy atom. The Hall–Kier alpha value is -3.82. The Bertz CT molecular complexity index is 1290. The minimum Gasteiger partial charge on any atom is -0.348 e. The van der Waals surface area contributed by atoms with E-state index in [1.54, 1.807) is 12.4 Å². The predicted octanol–water partition coefficient (Wildman–Crippen LogP) is 3.05.